The third-order valence-electron chi connectivity index (χ3n) is 2.50. The van der Waals surface area contributed by atoms with E-state index in [4.69, 9.17) is 11.5 Å². The van der Waals surface area contributed by atoms with Crippen molar-refractivity contribution in [3.63, 3.8) is 0 Å². The fourth-order valence-corrected chi connectivity index (χ4v) is 1.53. The second-order valence-corrected chi connectivity index (χ2v) is 3.86. The molecule has 17 heavy (non-hydrogen) atoms. The molecule has 0 radical (unpaired) electrons. The Morgan fingerprint density at radius 1 is 0.941 bits per heavy atom. The lowest BCUT2D eigenvalue weighted by atomic mass is 10.1. The van der Waals surface area contributed by atoms with E-state index >= 15 is 0 Å². The number of hydrogen-bond acceptors (Lipinski definition) is 4. The Morgan fingerprint density at radius 3 is 2.24 bits per heavy atom. The van der Waals surface area contributed by atoms with Crippen molar-refractivity contribution < 1.29 is 5.11 Å². The summed E-state index contributed by atoms with van der Waals surface area (Å²) in [5, 5.41) is 12.9. The van der Waals surface area contributed by atoms with Crippen LogP contribution in [0.3, 0.4) is 0 Å². The number of nitrogen functional groups attached to an aromatic ring is 2. The van der Waals surface area contributed by atoms with Gasteiger partial charge in [0.25, 0.3) is 0 Å². The normalized spacial score (nSPS) is 10.1. The van der Waals surface area contributed by atoms with E-state index < -0.39 is 0 Å². The molecule has 0 amide bonds. The molecule has 0 aliphatic rings. The van der Waals surface area contributed by atoms with Gasteiger partial charge in [0.05, 0.1) is 0 Å². The Bertz CT molecular complexity index is 509. The smallest absolute Gasteiger partial charge is 0.122 e. The molecule has 2 rings (SSSR count). The van der Waals surface area contributed by atoms with E-state index in [9.17, 15) is 5.11 Å². The second-order valence-electron chi connectivity index (χ2n) is 3.86. The van der Waals surface area contributed by atoms with E-state index in [0.29, 0.717) is 12.2 Å². The number of benzene rings is 2. The molecule has 0 fully saturated rings. The minimum absolute atomic E-state index is 0.202. The summed E-state index contributed by atoms with van der Waals surface area (Å²) in [6.45, 7) is 0.538. The highest BCUT2D eigenvalue weighted by Crippen LogP contribution is 2.21. The number of phenols is 1. The van der Waals surface area contributed by atoms with Crippen molar-refractivity contribution in [2.45, 2.75) is 6.54 Å². The van der Waals surface area contributed by atoms with Crippen LogP contribution in [0, 0.1) is 0 Å². The highest BCUT2D eigenvalue weighted by molar-refractivity contribution is 5.53. The summed E-state index contributed by atoms with van der Waals surface area (Å²) >= 11 is 0. The number of aromatic hydroxyl groups is 1. The lowest BCUT2D eigenvalue weighted by Crippen LogP contribution is -2.00. The molecular formula is C13H15N3O. The molecule has 0 spiro atoms. The maximum atomic E-state index is 9.67. The van der Waals surface area contributed by atoms with Crippen LogP contribution in [0.25, 0.3) is 0 Å². The zero-order valence-electron chi connectivity index (χ0n) is 9.35. The minimum Gasteiger partial charge on any atom is -0.508 e. The van der Waals surface area contributed by atoms with E-state index in [2.05, 4.69) is 5.32 Å². The quantitative estimate of drug-likeness (QED) is 0.608. The number of anilines is 3. The first-order valence-corrected chi connectivity index (χ1v) is 5.32. The van der Waals surface area contributed by atoms with Gasteiger partial charge in [0.15, 0.2) is 0 Å². The molecule has 4 nitrogen and oxygen atoms in total. The first-order valence-electron chi connectivity index (χ1n) is 5.32. The van der Waals surface area contributed by atoms with Gasteiger partial charge in [0.1, 0.15) is 5.75 Å². The Morgan fingerprint density at radius 2 is 1.59 bits per heavy atom. The first kappa shape index (κ1) is 11.1. The number of hydrogen-bond donors (Lipinski definition) is 4. The molecule has 0 aromatic heterocycles. The molecule has 0 saturated carbocycles. The van der Waals surface area contributed by atoms with Gasteiger partial charge in [-0.1, -0.05) is 6.07 Å². The molecule has 4 heteroatoms. The van der Waals surface area contributed by atoms with Crippen LogP contribution >= 0.6 is 0 Å². The van der Waals surface area contributed by atoms with Crippen LogP contribution in [0.1, 0.15) is 5.56 Å². The maximum absolute atomic E-state index is 9.67. The molecule has 2 aromatic carbocycles. The lowest BCUT2D eigenvalue weighted by molar-refractivity contribution is 0.469. The van der Waals surface area contributed by atoms with Crippen molar-refractivity contribution in [1.82, 2.24) is 0 Å². The number of nitrogens with two attached hydrogens (primary N) is 2. The van der Waals surface area contributed by atoms with Crippen molar-refractivity contribution in [2.75, 3.05) is 16.8 Å². The molecule has 0 bridgehead atoms. The molecule has 6 N–H and O–H groups in total. The van der Waals surface area contributed by atoms with Crippen LogP contribution in [-0.4, -0.2) is 5.11 Å². The van der Waals surface area contributed by atoms with Gasteiger partial charge in [-0.15, -0.1) is 0 Å². The number of rotatable bonds is 3. The third kappa shape index (κ3) is 2.81. The standard InChI is InChI=1S/C13H15N3O/c14-10-3-5-12(6-4-10)16-8-9-1-2-11(15)7-13(9)17/h1-7,16-17H,8,14-15H2. The van der Waals surface area contributed by atoms with Crippen molar-refractivity contribution in [3.8, 4) is 5.75 Å². The third-order valence-corrected chi connectivity index (χ3v) is 2.50. The summed E-state index contributed by atoms with van der Waals surface area (Å²) in [6, 6.07) is 12.5. The van der Waals surface area contributed by atoms with E-state index in [1.807, 2.05) is 24.3 Å². The van der Waals surface area contributed by atoms with Gasteiger partial charge in [-0.2, -0.15) is 0 Å². The molecule has 0 unspecified atom stereocenters. The monoisotopic (exact) mass is 229 g/mol. The van der Waals surface area contributed by atoms with E-state index in [1.54, 1.807) is 18.2 Å². The SMILES string of the molecule is Nc1ccc(NCc2ccc(N)cc2O)cc1. The molecule has 0 heterocycles. The second kappa shape index (κ2) is 4.65. The van der Waals surface area contributed by atoms with Gasteiger partial charge in [0.2, 0.25) is 0 Å². The minimum atomic E-state index is 0.202. The van der Waals surface area contributed by atoms with Crippen molar-refractivity contribution >= 4 is 17.1 Å². The number of phenolic OH excluding ortho intramolecular Hbond substituents is 1. The molecule has 0 aliphatic heterocycles. The number of nitrogens with one attached hydrogen (secondary N) is 1. The summed E-state index contributed by atoms with van der Waals surface area (Å²) < 4.78 is 0. The maximum Gasteiger partial charge on any atom is 0.122 e. The van der Waals surface area contributed by atoms with Gasteiger partial charge in [0, 0.05) is 35.2 Å². The molecule has 0 atom stereocenters. The fourth-order valence-electron chi connectivity index (χ4n) is 1.53. The predicted molar refractivity (Wildman–Crippen MR) is 70.7 cm³/mol. The van der Waals surface area contributed by atoms with Gasteiger partial charge in [-0.25, -0.2) is 0 Å². The van der Waals surface area contributed by atoms with E-state index in [1.165, 1.54) is 0 Å². The predicted octanol–water partition coefficient (Wildman–Crippen LogP) is 2.17. The van der Waals surface area contributed by atoms with Gasteiger partial charge in [-0.05, 0) is 30.3 Å². The molecule has 2 aromatic rings. The highest BCUT2D eigenvalue weighted by Gasteiger charge is 2.01. The fraction of sp³-hybridized carbons (Fsp3) is 0.0769. The topological polar surface area (TPSA) is 84.3 Å². The summed E-state index contributed by atoms with van der Waals surface area (Å²) in [5.41, 5.74) is 14.2. The van der Waals surface area contributed by atoms with Crippen LogP contribution in [0.15, 0.2) is 42.5 Å². The van der Waals surface area contributed by atoms with Crippen molar-refractivity contribution in [3.05, 3.63) is 48.0 Å². The molecule has 88 valence electrons. The summed E-state index contributed by atoms with van der Waals surface area (Å²) in [4.78, 5) is 0. The van der Waals surface area contributed by atoms with Crippen molar-refractivity contribution in [1.29, 1.82) is 0 Å². The van der Waals surface area contributed by atoms with Gasteiger partial charge >= 0.3 is 0 Å². The zero-order valence-corrected chi connectivity index (χ0v) is 9.35. The van der Waals surface area contributed by atoms with Crippen LogP contribution in [0.5, 0.6) is 5.75 Å². The highest BCUT2D eigenvalue weighted by atomic mass is 16.3. The van der Waals surface area contributed by atoms with Gasteiger partial charge in [-0.3, -0.25) is 0 Å². The zero-order chi connectivity index (χ0) is 12.3. The lowest BCUT2D eigenvalue weighted by Gasteiger charge is -2.08. The van der Waals surface area contributed by atoms with Crippen LogP contribution in [-0.2, 0) is 6.54 Å². The largest absolute Gasteiger partial charge is 0.508 e. The van der Waals surface area contributed by atoms with Crippen LogP contribution in [0.4, 0.5) is 17.1 Å². The van der Waals surface area contributed by atoms with Crippen LogP contribution < -0.4 is 16.8 Å². The van der Waals surface area contributed by atoms with Crippen molar-refractivity contribution in [2.24, 2.45) is 0 Å². The Balaban J connectivity index is 2.04. The molecule has 0 aliphatic carbocycles. The Kier molecular flexibility index (Phi) is 3.05. The summed E-state index contributed by atoms with van der Waals surface area (Å²) in [7, 11) is 0. The molecular weight excluding hydrogens is 214 g/mol. The Hall–Kier alpha value is -2.36. The van der Waals surface area contributed by atoms with E-state index in [0.717, 1.165) is 16.9 Å². The van der Waals surface area contributed by atoms with Crippen LogP contribution in [0.2, 0.25) is 0 Å². The molecule has 0 saturated heterocycles. The first-order chi connectivity index (χ1) is 8.15. The summed E-state index contributed by atoms with van der Waals surface area (Å²) in [5.74, 6) is 0.202. The summed E-state index contributed by atoms with van der Waals surface area (Å²) in [6.07, 6.45) is 0. The average Bonchev–Trinajstić information content (AvgIpc) is 2.30. The Labute approximate surface area is 99.9 Å². The van der Waals surface area contributed by atoms with Gasteiger partial charge < -0.3 is 21.9 Å². The average molecular weight is 229 g/mol. The van der Waals surface area contributed by atoms with E-state index in [-0.39, 0.29) is 5.75 Å².